The van der Waals surface area contributed by atoms with Crippen molar-refractivity contribution in [1.29, 1.82) is 0 Å². The van der Waals surface area contributed by atoms with E-state index in [0.29, 0.717) is 17.7 Å². The zero-order valence-corrected chi connectivity index (χ0v) is 14.2. The van der Waals surface area contributed by atoms with Crippen LogP contribution in [0.1, 0.15) is 12.5 Å². The van der Waals surface area contributed by atoms with E-state index < -0.39 is 38.6 Å². The molecule has 0 heterocycles. The molecule has 0 amide bonds. The van der Waals surface area contributed by atoms with E-state index in [-0.39, 0.29) is 13.0 Å². The Bertz CT molecular complexity index is 841. The number of ether oxygens (including phenoxy) is 1. The summed E-state index contributed by atoms with van der Waals surface area (Å²) in [6.45, 7) is 1.68. The molecule has 2 aromatic rings. The quantitative estimate of drug-likeness (QED) is 0.761. The van der Waals surface area contributed by atoms with Crippen molar-refractivity contribution in [3.05, 3.63) is 65.7 Å². The Morgan fingerprint density at radius 1 is 1.12 bits per heavy atom. The van der Waals surface area contributed by atoms with E-state index in [2.05, 4.69) is 4.72 Å². The number of sulfonamides is 1. The van der Waals surface area contributed by atoms with Gasteiger partial charge < -0.3 is 4.74 Å². The maximum atomic E-state index is 13.3. The third kappa shape index (κ3) is 5.07. The first-order valence-electron chi connectivity index (χ1n) is 7.51. The first-order valence-corrected chi connectivity index (χ1v) is 8.99. The summed E-state index contributed by atoms with van der Waals surface area (Å²) in [7, 11) is -4.24. The molecule has 134 valence electrons. The lowest BCUT2D eigenvalue weighted by molar-refractivity contribution is -0.145. The van der Waals surface area contributed by atoms with Crippen molar-refractivity contribution in [2.45, 2.75) is 24.3 Å². The van der Waals surface area contributed by atoms with Gasteiger partial charge in [-0.05, 0) is 37.1 Å². The number of benzene rings is 2. The first-order chi connectivity index (χ1) is 11.8. The van der Waals surface area contributed by atoms with E-state index in [1.54, 1.807) is 37.3 Å². The SMILES string of the molecule is CCOC(=O)C(Cc1ccccc1)NS(=O)(=O)c1ccc(F)c(F)c1. The van der Waals surface area contributed by atoms with Crippen molar-refractivity contribution in [1.82, 2.24) is 4.72 Å². The molecule has 1 N–H and O–H groups in total. The van der Waals surface area contributed by atoms with Crippen molar-refractivity contribution in [2.24, 2.45) is 0 Å². The van der Waals surface area contributed by atoms with Crippen LogP contribution in [0.2, 0.25) is 0 Å². The number of hydrogen-bond donors (Lipinski definition) is 1. The highest BCUT2D eigenvalue weighted by Gasteiger charge is 2.27. The van der Waals surface area contributed by atoms with Crippen molar-refractivity contribution < 1.29 is 26.7 Å². The molecule has 5 nitrogen and oxygen atoms in total. The Hall–Kier alpha value is -2.32. The highest BCUT2D eigenvalue weighted by molar-refractivity contribution is 7.89. The van der Waals surface area contributed by atoms with Gasteiger partial charge in [0.15, 0.2) is 11.6 Å². The second-order valence-corrected chi connectivity index (χ2v) is 6.91. The third-order valence-electron chi connectivity index (χ3n) is 3.35. The van der Waals surface area contributed by atoms with E-state index in [4.69, 9.17) is 4.74 Å². The van der Waals surface area contributed by atoms with Gasteiger partial charge in [0.05, 0.1) is 11.5 Å². The fraction of sp³-hybridized carbons (Fsp3) is 0.235. The summed E-state index contributed by atoms with van der Waals surface area (Å²) in [4.78, 5) is 11.6. The monoisotopic (exact) mass is 369 g/mol. The summed E-state index contributed by atoms with van der Waals surface area (Å²) < 4.78 is 58.2. The predicted molar refractivity (Wildman–Crippen MR) is 87.2 cm³/mol. The molecule has 1 atom stereocenters. The van der Waals surface area contributed by atoms with Gasteiger partial charge in [0.1, 0.15) is 6.04 Å². The Labute approximate surface area is 144 Å². The number of hydrogen-bond acceptors (Lipinski definition) is 4. The standard InChI is InChI=1S/C17H17F2NO4S/c1-2-24-17(21)16(10-12-6-4-3-5-7-12)20-25(22,23)13-8-9-14(18)15(19)11-13/h3-9,11,16,20H,2,10H2,1H3. The van der Waals surface area contributed by atoms with E-state index >= 15 is 0 Å². The first kappa shape index (κ1) is 19.0. The fourth-order valence-corrected chi connectivity index (χ4v) is 3.36. The molecular formula is C17H17F2NO4S. The van der Waals surface area contributed by atoms with Gasteiger partial charge in [0, 0.05) is 0 Å². The van der Waals surface area contributed by atoms with E-state index in [1.165, 1.54) is 0 Å². The van der Waals surface area contributed by atoms with Crippen LogP contribution in [-0.4, -0.2) is 27.0 Å². The van der Waals surface area contributed by atoms with Crippen LogP contribution in [-0.2, 0) is 26.0 Å². The summed E-state index contributed by atoms with van der Waals surface area (Å²) in [6.07, 6.45) is 0.0581. The number of esters is 1. The van der Waals surface area contributed by atoms with Crippen LogP contribution < -0.4 is 4.72 Å². The summed E-state index contributed by atoms with van der Waals surface area (Å²) in [5, 5.41) is 0. The summed E-state index contributed by atoms with van der Waals surface area (Å²) in [5.41, 5.74) is 0.716. The van der Waals surface area contributed by atoms with Gasteiger partial charge in [-0.3, -0.25) is 4.79 Å². The molecule has 0 fully saturated rings. The molecule has 2 aromatic carbocycles. The van der Waals surface area contributed by atoms with Crippen molar-refractivity contribution in [3.63, 3.8) is 0 Å². The molecule has 0 aliphatic heterocycles. The van der Waals surface area contributed by atoms with Crippen LogP contribution in [0.4, 0.5) is 8.78 Å². The molecule has 8 heteroatoms. The molecule has 0 spiro atoms. The molecule has 0 aliphatic carbocycles. The molecule has 0 aromatic heterocycles. The zero-order chi connectivity index (χ0) is 18.4. The molecule has 0 aliphatic rings. The lowest BCUT2D eigenvalue weighted by Crippen LogP contribution is -2.43. The topological polar surface area (TPSA) is 72.5 Å². The molecule has 0 saturated carbocycles. The summed E-state index contributed by atoms with van der Waals surface area (Å²) in [5.74, 6) is -3.21. The van der Waals surface area contributed by atoms with Gasteiger partial charge in [-0.25, -0.2) is 17.2 Å². The minimum atomic E-state index is -4.24. The molecular weight excluding hydrogens is 352 g/mol. The van der Waals surface area contributed by atoms with Gasteiger partial charge in [-0.2, -0.15) is 4.72 Å². The van der Waals surface area contributed by atoms with Gasteiger partial charge in [0.2, 0.25) is 10.0 Å². The van der Waals surface area contributed by atoms with E-state index in [9.17, 15) is 22.0 Å². The molecule has 2 rings (SSSR count). The Morgan fingerprint density at radius 2 is 1.80 bits per heavy atom. The molecule has 25 heavy (non-hydrogen) atoms. The van der Waals surface area contributed by atoms with Crippen LogP contribution in [0.15, 0.2) is 53.4 Å². The van der Waals surface area contributed by atoms with Crippen molar-refractivity contribution >= 4 is 16.0 Å². The van der Waals surface area contributed by atoms with Crippen molar-refractivity contribution in [2.75, 3.05) is 6.61 Å². The lowest BCUT2D eigenvalue weighted by Gasteiger charge is -2.17. The molecule has 0 radical (unpaired) electrons. The van der Waals surface area contributed by atoms with Gasteiger partial charge in [0.25, 0.3) is 0 Å². The maximum absolute atomic E-state index is 13.3. The second-order valence-electron chi connectivity index (χ2n) is 5.19. The van der Waals surface area contributed by atoms with Crippen LogP contribution >= 0.6 is 0 Å². The Morgan fingerprint density at radius 3 is 2.40 bits per heavy atom. The normalized spacial score (nSPS) is 12.6. The van der Waals surface area contributed by atoms with Crippen LogP contribution in [0, 0.1) is 11.6 Å². The zero-order valence-electron chi connectivity index (χ0n) is 13.4. The maximum Gasteiger partial charge on any atom is 0.324 e. The molecule has 0 saturated heterocycles. The van der Waals surface area contributed by atoms with Crippen molar-refractivity contribution in [3.8, 4) is 0 Å². The van der Waals surface area contributed by atoms with Gasteiger partial charge >= 0.3 is 5.97 Å². The van der Waals surface area contributed by atoms with Crippen LogP contribution in [0.3, 0.4) is 0 Å². The molecule has 1 unspecified atom stereocenters. The minimum absolute atomic E-state index is 0.0581. The fourth-order valence-electron chi connectivity index (χ4n) is 2.17. The number of nitrogens with one attached hydrogen (secondary N) is 1. The highest BCUT2D eigenvalue weighted by atomic mass is 32.2. The van der Waals surface area contributed by atoms with E-state index in [0.717, 1.165) is 6.07 Å². The minimum Gasteiger partial charge on any atom is -0.465 e. The average molecular weight is 369 g/mol. The van der Waals surface area contributed by atoms with Crippen LogP contribution in [0.5, 0.6) is 0 Å². The highest BCUT2D eigenvalue weighted by Crippen LogP contribution is 2.15. The second kappa shape index (κ2) is 8.17. The van der Waals surface area contributed by atoms with E-state index in [1.807, 2.05) is 0 Å². The average Bonchev–Trinajstić information content (AvgIpc) is 2.57. The number of carbonyl (C=O) groups excluding carboxylic acids is 1. The largest absolute Gasteiger partial charge is 0.465 e. The number of carbonyl (C=O) groups is 1. The summed E-state index contributed by atoms with van der Waals surface area (Å²) in [6, 6.07) is 9.75. The predicted octanol–water partition coefficient (Wildman–Crippen LogP) is 2.42. The summed E-state index contributed by atoms with van der Waals surface area (Å²) >= 11 is 0. The number of halogens is 2. The smallest absolute Gasteiger partial charge is 0.324 e. The Balaban J connectivity index is 2.27. The Kier molecular flexibility index (Phi) is 6.22. The van der Waals surface area contributed by atoms with Gasteiger partial charge in [-0.15, -0.1) is 0 Å². The third-order valence-corrected chi connectivity index (χ3v) is 4.82. The number of rotatable bonds is 7. The lowest BCUT2D eigenvalue weighted by atomic mass is 10.1. The van der Waals surface area contributed by atoms with Gasteiger partial charge in [-0.1, -0.05) is 30.3 Å². The molecule has 0 bridgehead atoms. The van der Waals surface area contributed by atoms with Crippen LogP contribution in [0.25, 0.3) is 0 Å².